The van der Waals surface area contributed by atoms with Crippen LogP contribution in [0.5, 0.6) is 0 Å². The maximum absolute atomic E-state index is 6.33. The van der Waals surface area contributed by atoms with Gasteiger partial charge in [0.05, 0.1) is 6.26 Å². The van der Waals surface area contributed by atoms with E-state index in [9.17, 15) is 0 Å². The van der Waals surface area contributed by atoms with Gasteiger partial charge in [-0.1, -0.05) is 18.2 Å². The molecule has 0 unspecified atom stereocenters. The summed E-state index contributed by atoms with van der Waals surface area (Å²) >= 11 is 0. The maximum Gasteiger partial charge on any atom is 0.161 e. The Kier molecular flexibility index (Phi) is 3.57. The molecule has 6 heterocycles. The number of furan rings is 3. The summed E-state index contributed by atoms with van der Waals surface area (Å²) in [6.07, 6.45) is 7.06. The van der Waals surface area contributed by atoms with Crippen molar-refractivity contribution >= 4 is 55.2 Å². The molecule has 0 radical (unpaired) electrons. The lowest BCUT2D eigenvalue weighted by Gasteiger charge is -2.03. The lowest BCUT2D eigenvalue weighted by atomic mass is 10.0. The Bertz CT molecular complexity index is 2080. The maximum atomic E-state index is 6.33. The normalized spacial score (nSPS) is 12.0. The predicted octanol–water partition coefficient (Wildman–Crippen LogP) is 7.75. The summed E-state index contributed by atoms with van der Waals surface area (Å²) in [5.41, 5.74) is 10.1. The smallest absolute Gasteiger partial charge is 0.161 e. The van der Waals surface area contributed by atoms with E-state index in [0.717, 1.165) is 71.9 Å². The van der Waals surface area contributed by atoms with Gasteiger partial charge in [0.25, 0.3) is 0 Å². The molecule has 8 rings (SSSR count). The minimum Gasteiger partial charge on any atom is -0.462 e. The molecule has 6 aromatic heterocycles. The van der Waals surface area contributed by atoms with Crippen LogP contribution in [0.15, 0.2) is 105 Å². The second kappa shape index (κ2) is 6.77. The SMILES string of the molecule is c1ccc2c(c1)oc1c(-c3ccc4oc5c(-c6ccnc7ccoc67)ccnc5c4c3)ccnc12. The zero-order chi connectivity index (χ0) is 22.9. The van der Waals surface area contributed by atoms with Crippen molar-refractivity contribution in [3.8, 4) is 22.3 Å². The monoisotopic (exact) mass is 453 g/mol. The first kappa shape index (κ1) is 18.5. The molecule has 35 heavy (non-hydrogen) atoms. The lowest BCUT2D eigenvalue weighted by Crippen LogP contribution is -1.84. The second-order valence-corrected chi connectivity index (χ2v) is 8.48. The van der Waals surface area contributed by atoms with E-state index in [2.05, 4.69) is 21.0 Å². The highest BCUT2D eigenvalue weighted by Gasteiger charge is 2.18. The number of benzene rings is 2. The number of fused-ring (bicyclic) bond motifs is 7. The van der Waals surface area contributed by atoms with Crippen LogP contribution < -0.4 is 0 Å². The van der Waals surface area contributed by atoms with Crippen LogP contribution in [-0.4, -0.2) is 15.0 Å². The van der Waals surface area contributed by atoms with Crippen LogP contribution >= 0.6 is 0 Å². The van der Waals surface area contributed by atoms with Crippen LogP contribution in [0.3, 0.4) is 0 Å². The standard InChI is InChI=1S/C29H15N3O3/c1-2-4-23-20(3-1)25-28(34-23)17(7-12-31-25)16-5-6-24-21(15-16)26-29(35-24)19(9-13-32-26)18-8-11-30-22-10-14-33-27(18)22/h1-15H. The van der Waals surface area contributed by atoms with E-state index >= 15 is 0 Å². The molecule has 0 aliphatic rings. The first-order valence-corrected chi connectivity index (χ1v) is 11.3. The van der Waals surface area contributed by atoms with Crippen LogP contribution in [0.1, 0.15) is 0 Å². The Hall–Kier alpha value is -4.97. The number of rotatable bonds is 2. The molecular weight excluding hydrogens is 438 g/mol. The molecule has 0 aliphatic heterocycles. The van der Waals surface area contributed by atoms with Crippen molar-refractivity contribution in [1.82, 2.24) is 15.0 Å². The number of nitrogens with zero attached hydrogens (tertiary/aromatic N) is 3. The van der Waals surface area contributed by atoms with E-state index < -0.39 is 0 Å². The topological polar surface area (TPSA) is 78.1 Å². The molecule has 0 spiro atoms. The van der Waals surface area contributed by atoms with Crippen LogP contribution in [0.25, 0.3) is 77.5 Å². The third-order valence-electron chi connectivity index (χ3n) is 6.56. The van der Waals surface area contributed by atoms with Gasteiger partial charge < -0.3 is 13.3 Å². The third kappa shape index (κ3) is 2.56. The number of para-hydroxylation sites is 1. The number of pyridine rings is 3. The van der Waals surface area contributed by atoms with Crippen LogP contribution in [0, 0.1) is 0 Å². The fourth-order valence-corrected chi connectivity index (χ4v) is 4.95. The molecule has 0 saturated heterocycles. The summed E-state index contributed by atoms with van der Waals surface area (Å²) in [6.45, 7) is 0. The fourth-order valence-electron chi connectivity index (χ4n) is 4.95. The van der Waals surface area contributed by atoms with Gasteiger partial charge in [-0.15, -0.1) is 0 Å². The number of hydrogen-bond donors (Lipinski definition) is 0. The summed E-state index contributed by atoms with van der Waals surface area (Å²) in [5, 5.41) is 1.94. The van der Waals surface area contributed by atoms with Crippen molar-refractivity contribution < 1.29 is 13.3 Å². The summed E-state index contributed by atoms with van der Waals surface area (Å²) in [5.74, 6) is 0. The molecule has 6 nitrogen and oxygen atoms in total. The quantitative estimate of drug-likeness (QED) is 0.266. The Morgan fingerprint density at radius 1 is 0.543 bits per heavy atom. The zero-order valence-electron chi connectivity index (χ0n) is 18.2. The number of aromatic nitrogens is 3. The highest BCUT2D eigenvalue weighted by atomic mass is 16.3. The molecule has 0 bridgehead atoms. The minimum absolute atomic E-state index is 0.715. The predicted molar refractivity (Wildman–Crippen MR) is 135 cm³/mol. The second-order valence-electron chi connectivity index (χ2n) is 8.48. The molecule has 0 amide bonds. The summed E-state index contributed by atoms with van der Waals surface area (Å²) in [6, 6.07) is 21.8. The molecule has 6 heteroatoms. The van der Waals surface area contributed by atoms with Crippen molar-refractivity contribution in [2.45, 2.75) is 0 Å². The van der Waals surface area contributed by atoms with Gasteiger partial charge in [0, 0.05) is 52.1 Å². The summed E-state index contributed by atoms with van der Waals surface area (Å²) in [4.78, 5) is 13.6. The highest BCUT2D eigenvalue weighted by Crippen LogP contribution is 2.40. The van der Waals surface area contributed by atoms with Crippen LogP contribution in [0.2, 0.25) is 0 Å². The Morgan fingerprint density at radius 2 is 1.23 bits per heavy atom. The van der Waals surface area contributed by atoms with Crippen LogP contribution in [0.4, 0.5) is 0 Å². The van der Waals surface area contributed by atoms with Gasteiger partial charge in [-0.3, -0.25) is 15.0 Å². The Labute approximate surface area is 197 Å². The summed E-state index contributed by atoms with van der Waals surface area (Å²) < 4.78 is 18.3. The van der Waals surface area contributed by atoms with Crippen molar-refractivity contribution in [2.24, 2.45) is 0 Å². The van der Waals surface area contributed by atoms with Crippen molar-refractivity contribution in [3.05, 3.63) is 91.6 Å². The Morgan fingerprint density at radius 3 is 2.11 bits per heavy atom. The molecular formula is C29H15N3O3. The average Bonchev–Trinajstić information content (AvgIpc) is 3.62. The van der Waals surface area contributed by atoms with Crippen LogP contribution in [-0.2, 0) is 0 Å². The van der Waals surface area contributed by atoms with E-state index in [1.807, 2.05) is 66.9 Å². The molecule has 0 atom stereocenters. The van der Waals surface area contributed by atoms with Gasteiger partial charge in [-0.05, 0) is 48.0 Å². The van der Waals surface area contributed by atoms with Crippen molar-refractivity contribution in [3.63, 3.8) is 0 Å². The van der Waals surface area contributed by atoms with Crippen molar-refractivity contribution in [1.29, 1.82) is 0 Å². The van der Waals surface area contributed by atoms with E-state index in [4.69, 9.17) is 13.3 Å². The van der Waals surface area contributed by atoms with Gasteiger partial charge in [0.15, 0.2) is 16.7 Å². The molecule has 0 aliphatic carbocycles. The van der Waals surface area contributed by atoms with Gasteiger partial charge in [0.1, 0.15) is 27.7 Å². The minimum atomic E-state index is 0.715. The molecule has 0 saturated carbocycles. The molecule has 8 aromatic rings. The van der Waals surface area contributed by atoms with E-state index in [1.165, 1.54) is 0 Å². The number of hydrogen-bond acceptors (Lipinski definition) is 6. The molecule has 2 aromatic carbocycles. The van der Waals surface area contributed by atoms with Crippen molar-refractivity contribution in [2.75, 3.05) is 0 Å². The largest absolute Gasteiger partial charge is 0.462 e. The first-order valence-electron chi connectivity index (χ1n) is 11.3. The van der Waals surface area contributed by atoms with Gasteiger partial charge >= 0.3 is 0 Å². The Balaban J connectivity index is 1.38. The summed E-state index contributed by atoms with van der Waals surface area (Å²) in [7, 11) is 0. The zero-order valence-corrected chi connectivity index (χ0v) is 18.2. The van der Waals surface area contributed by atoms with E-state index in [-0.39, 0.29) is 0 Å². The third-order valence-corrected chi connectivity index (χ3v) is 6.56. The van der Waals surface area contributed by atoms with E-state index in [0.29, 0.717) is 5.58 Å². The molecule has 0 fully saturated rings. The fraction of sp³-hybridized carbons (Fsp3) is 0. The first-order chi connectivity index (χ1) is 17.3. The van der Waals surface area contributed by atoms with Gasteiger partial charge in [-0.2, -0.15) is 0 Å². The van der Waals surface area contributed by atoms with E-state index in [1.54, 1.807) is 18.7 Å². The molecule has 0 N–H and O–H groups in total. The molecule has 164 valence electrons. The van der Waals surface area contributed by atoms with Gasteiger partial charge in [-0.25, -0.2) is 0 Å². The average molecular weight is 453 g/mol. The lowest BCUT2D eigenvalue weighted by molar-refractivity contribution is 0.616. The highest BCUT2D eigenvalue weighted by molar-refractivity contribution is 6.12. The van der Waals surface area contributed by atoms with Gasteiger partial charge in [0.2, 0.25) is 0 Å².